The quantitative estimate of drug-likeness (QED) is 0.481. The Bertz CT molecular complexity index is 375. The van der Waals surface area contributed by atoms with E-state index in [1.807, 2.05) is 0 Å². The Balaban J connectivity index is 3.39. The van der Waals surface area contributed by atoms with E-state index in [4.69, 9.17) is 21.6 Å². The minimum atomic E-state index is -2.26. The lowest BCUT2D eigenvalue weighted by Crippen LogP contribution is -2.22. The first-order chi connectivity index (χ1) is 6.86. The number of hydrogen-bond acceptors (Lipinski definition) is 3. The Labute approximate surface area is 105 Å². The molecule has 0 aliphatic rings. The van der Waals surface area contributed by atoms with Gasteiger partial charge in [-0.25, -0.2) is 4.39 Å². The standard InChI is InChI=1S/C6H2BBr2ClF2O3/c8-1-2(9)6(15-7(13)14)5(12)4(11)3(1)10/h13-14H. The molecule has 1 aromatic rings. The fourth-order valence-corrected chi connectivity index (χ4v) is 1.91. The van der Waals surface area contributed by atoms with Gasteiger partial charge in [-0.05, 0) is 31.9 Å². The fourth-order valence-electron chi connectivity index (χ4n) is 0.794. The summed E-state index contributed by atoms with van der Waals surface area (Å²) in [5, 5.41) is 16.5. The molecule has 0 saturated heterocycles. The molecule has 0 bridgehead atoms. The maximum Gasteiger partial charge on any atom is 0.707 e. The van der Waals surface area contributed by atoms with Crippen molar-refractivity contribution in [3.8, 4) is 5.75 Å². The highest BCUT2D eigenvalue weighted by molar-refractivity contribution is 9.13. The van der Waals surface area contributed by atoms with E-state index in [1.165, 1.54) is 0 Å². The molecule has 0 aliphatic heterocycles. The van der Waals surface area contributed by atoms with E-state index in [0.29, 0.717) is 0 Å². The van der Waals surface area contributed by atoms with Crippen LogP contribution in [0.1, 0.15) is 0 Å². The first-order valence-corrected chi connectivity index (χ1v) is 5.37. The van der Waals surface area contributed by atoms with Gasteiger partial charge in [0.25, 0.3) is 0 Å². The van der Waals surface area contributed by atoms with Crippen LogP contribution in [0.3, 0.4) is 0 Å². The topological polar surface area (TPSA) is 49.7 Å². The van der Waals surface area contributed by atoms with Crippen molar-refractivity contribution in [2.24, 2.45) is 0 Å². The zero-order chi connectivity index (χ0) is 11.7. The summed E-state index contributed by atoms with van der Waals surface area (Å²) in [6, 6.07) is 0. The maximum absolute atomic E-state index is 13.2. The van der Waals surface area contributed by atoms with Gasteiger partial charge in [0.05, 0.1) is 14.0 Å². The van der Waals surface area contributed by atoms with Crippen molar-refractivity contribution in [2.75, 3.05) is 0 Å². The minimum Gasteiger partial charge on any atom is -0.509 e. The molecular weight excluding hydrogens is 364 g/mol. The van der Waals surface area contributed by atoms with E-state index in [-0.39, 0.29) is 8.95 Å². The van der Waals surface area contributed by atoms with Crippen molar-refractivity contribution < 1.29 is 23.5 Å². The van der Waals surface area contributed by atoms with Gasteiger partial charge in [-0.3, -0.25) is 0 Å². The van der Waals surface area contributed by atoms with Crippen LogP contribution in [-0.4, -0.2) is 17.4 Å². The summed E-state index contributed by atoms with van der Waals surface area (Å²) in [5.41, 5.74) is 0. The first kappa shape index (κ1) is 13.2. The van der Waals surface area contributed by atoms with Crippen molar-refractivity contribution in [2.45, 2.75) is 0 Å². The highest BCUT2D eigenvalue weighted by Crippen LogP contribution is 2.41. The van der Waals surface area contributed by atoms with Crippen LogP contribution in [0.4, 0.5) is 8.78 Å². The molecule has 2 N–H and O–H groups in total. The third kappa shape index (κ3) is 2.62. The van der Waals surface area contributed by atoms with Gasteiger partial charge in [-0.1, -0.05) is 11.6 Å². The van der Waals surface area contributed by atoms with Gasteiger partial charge in [0.1, 0.15) is 0 Å². The van der Waals surface area contributed by atoms with Crippen LogP contribution < -0.4 is 4.65 Å². The Morgan fingerprint density at radius 1 is 1.13 bits per heavy atom. The summed E-state index contributed by atoms with van der Waals surface area (Å²) in [7, 11) is -2.26. The molecule has 0 atom stereocenters. The van der Waals surface area contributed by atoms with Gasteiger partial charge in [0, 0.05) is 0 Å². The van der Waals surface area contributed by atoms with E-state index in [9.17, 15) is 8.78 Å². The van der Waals surface area contributed by atoms with Crippen molar-refractivity contribution in [3.05, 3.63) is 25.6 Å². The van der Waals surface area contributed by atoms with Crippen LogP contribution >= 0.6 is 43.5 Å². The average molecular weight is 366 g/mol. The Morgan fingerprint density at radius 3 is 2.13 bits per heavy atom. The zero-order valence-corrected chi connectivity index (χ0v) is 10.7. The monoisotopic (exact) mass is 364 g/mol. The Morgan fingerprint density at radius 2 is 1.67 bits per heavy atom. The third-order valence-electron chi connectivity index (χ3n) is 1.39. The molecule has 1 rings (SSSR count). The molecule has 0 radical (unpaired) electrons. The first-order valence-electron chi connectivity index (χ1n) is 3.40. The molecule has 0 unspecified atom stereocenters. The Kier molecular flexibility index (Phi) is 4.36. The molecule has 0 spiro atoms. The summed E-state index contributed by atoms with van der Waals surface area (Å²) in [6.07, 6.45) is 0. The van der Waals surface area contributed by atoms with E-state index in [2.05, 4.69) is 36.5 Å². The number of hydrogen-bond donors (Lipinski definition) is 2. The lowest BCUT2D eigenvalue weighted by Gasteiger charge is -2.11. The number of halogens is 5. The molecule has 15 heavy (non-hydrogen) atoms. The zero-order valence-electron chi connectivity index (χ0n) is 6.77. The fraction of sp³-hybridized carbons (Fsp3) is 0. The van der Waals surface area contributed by atoms with E-state index < -0.39 is 29.7 Å². The lowest BCUT2D eigenvalue weighted by molar-refractivity contribution is 0.278. The summed E-state index contributed by atoms with van der Waals surface area (Å²) < 4.78 is 30.5. The minimum absolute atomic E-state index is 0.0127. The van der Waals surface area contributed by atoms with E-state index in [1.54, 1.807) is 0 Å². The highest BCUT2D eigenvalue weighted by Gasteiger charge is 2.25. The summed E-state index contributed by atoms with van der Waals surface area (Å²) >= 11 is 11.2. The molecule has 0 heterocycles. The molecule has 0 fully saturated rings. The van der Waals surface area contributed by atoms with Crippen LogP contribution in [0.2, 0.25) is 5.02 Å². The van der Waals surface area contributed by atoms with Crippen molar-refractivity contribution in [1.29, 1.82) is 0 Å². The van der Waals surface area contributed by atoms with E-state index in [0.717, 1.165) is 0 Å². The summed E-state index contributed by atoms with van der Waals surface area (Å²) in [5.74, 6) is -3.44. The van der Waals surface area contributed by atoms with Crippen LogP contribution in [0.5, 0.6) is 5.75 Å². The molecule has 3 nitrogen and oxygen atoms in total. The number of rotatable bonds is 2. The van der Waals surface area contributed by atoms with Gasteiger partial charge in [-0.15, -0.1) is 0 Å². The normalized spacial score (nSPS) is 10.3. The predicted octanol–water partition coefficient (Wildman–Crippen LogP) is 2.49. The van der Waals surface area contributed by atoms with Gasteiger partial charge in [0.2, 0.25) is 5.82 Å². The second-order valence-electron chi connectivity index (χ2n) is 2.34. The van der Waals surface area contributed by atoms with E-state index >= 15 is 0 Å². The van der Waals surface area contributed by atoms with Gasteiger partial charge in [-0.2, -0.15) is 4.39 Å². The molecule has 0 amide bonds. The second-order valence-corrected chi connectivity index (χ2v) is 4.31. The van der Waals surface area contributed by atoms with Gasteiger partial charge < -0.3 is 14.7 Å². The molecule has 1 aromatic carbocycles. The molecule has 9 heteroatoms. The smallest absolute Gasteiger partial charge is 0.509 e. The van der Waals surface area contributed by atoms with Crippen molar-refractivity contribution in [3.63, 3.8) is 0 Å². The third-order valence-corrected chi connectivity index (χ3v) is 4.06. The van der Waals surface area contributed by atoms with Gasteiger partial charge in [0.15, 0.2) is 11.6 Å². The second kappa shape index (κ2) is 4.96. The lowest BCUT2D eigenvalue weighted by atomic mass is 10.2. The molecule has 0 aliphatic carbocycles. The van der Waals surface area contributed by atoms with Crippen LogP contribution in [0.25, 0.3) is 0 Å². The van der Waals surface area contributed by atoms with Crippen LogP contribution in [0.15, 0.2) is 8.95 Å². The molecular formula is C6H2BBr2ClF2O3. The largest absolute Gasteiger partial charge is 0.707 e. The van der Waals surface area contributed by atoms with Crippen LogP contribution in [-0.2, 0) is 0 Å². The maximum atomic E-state index is 13.2. The van der Waals surface area contributed by atoms with Crippen molar-refractivity contribution >= 4 is 50.8 Å². The summed E-state index contributed by atoms with van der Waals surface area (Å²) in [4.78, 5) is 0. The predicted molar refractivity (Wildman–Crippen MR) is 57.6 cm³/mol. The van der Waals surface area contributed by atoms with Gasteiger partial charge >= 0.3 is 7.32 Å². The molecule has 0 aromatic heterocycles. The van der Waals surface area contributed by atoms with Crippen molar-refractivity contribution in [1.82, 2.24) is 0 Å². The SMILES string of the molecule is OB(O)Oc1c(F)c(F)c(Cl)c(Br)c1Br. The van der Waals surface area contributed by atoms with Crippen LogP contribution in [0, 0.1) is 11.6 Å². The summed E-state index contributed by atoms with van der Waals surface area (Å²) in [6.45, 7) is 0. The average Bonchev–Trinajstić information content (AvgIpc) is 2.18. The highest BCUT2D eigenvalue weighted by atomic mass is 79.9. The molecule has 0 saturated carbocycles. The number of benzene rings is 1. The Hall–Kier alpha value is 0.115. The molecule has 82 valence electrons.